The average Bonchev–Trinajstić information content (AvgIpc) is 2.81. The third-order valence-corrected chi connectivity index (χ3v) is 3.86. The van der Waals surface area contributed by atoms with Gasteiger partial charge in [0.2, 0.25) is 0 Å². The number of nitrogens with zero attached hydrogens (tertiary/aromatic N) is 2. The van der Waals surface area contributed by atoms with Crippen LogP contribution in [-0.4, -0.2) is 46.2 Å². The van der Waals surface area contributed by atoms with Crippen LogP contribution < -0.4 is 4.74 Å². The molecule has 1 N–H and O–H groups in total. The SMILES string of the molecule is CCn1ncc(OC)c1C(O)C1CSCCO1. The lowest BCUT2D eigenvalue weighted by Gasteiger charge is -2.27. The zero-order chi connectivity index (χ0) is 12.3. The zero-order valence-corrected chi connectivity index (χ0v) is 10.9. The molecule has 2 heterocycles. The summed E-state index contributed by atoms with van der Waals surface area (Å²) in [6.45, 7) is 3.38. The molecule has 0 amide bonds. The smallest absolute Gasteiger partial charge is 0.162 e. The molecule has 0 spiro atoms. The third-order valence-electron chi connectivity index (χ3n) is 2.84. The van der Waals surface area contributed by atoms with Crippen LogP contribution in [0.15, 0.2) is 6.20 Å². The second-order valence-electron chi connectivity index (χ2n) is 3.84. The number of aromatic nitrogens is 2. The highest BCUT2D eigenvalue weighted by molar-refractivity contribution is 7.99. The molecule has 2 rings (SSSR count). The zero-order valence-electron chi connectivity index (χ0n) is 10.1. The second kappa shape index (κ2) is 5.75. The number of hydrogen-bond donors (Lipinski definition) is 1. The second-order valence-corrected chi connectivity index (χ2v) is 4.99. The predicted molar refractivity (Wildman–Crippen MR) is 66.5 cm³/mol. The summed E-state index contributed by atoms with van der Waals surface area (Å²) in [6, 6.07) is 0. The largest absolute Gasteiger partial charge is 0.493 e. The van der Waals surface area contributed by atoms with Crippen molar-refractivity contribution in [1.82, 2.24) is 9.78 Å². The van der Waals surface area contributed by atoms with Crippen LogP contribution in [0.3, 0.4) is 0 Å². The average molecular weight is 258 g/mol. The van der Waals surface area contributed by atoms with Crippen molar-refractivity contribution in [3.63, 3.8) is 0 Å². The number of aryl methyl sites for hydroxylation is 1. The Bertz CT molecular complexity index is 342. The minimum Gasteiger partial charge on any atom is -0.493 e. The normalized spacial score (nSPS) is 22.4. The lowest BCUT2D eigenvalue weighted by molar-refractivity contribution is -0.0273. The van der Waals surface area contributed by atoms with Crippen molar-refractivity contribution in [3.8, 4) is 5.75 Å². The topological polar surface area (TPSA) is 56.5 Å². The fourth-order valence-electron chi connectivity index (χ4n) is 1.95. The molecule has 0 radical (unpaired) electrons. The Morgan fingerprint density at radius 3 is 3.18 bits per heavy atom. The quantitative estimate of drug-likeness (QED) is 0.875. The molecule has 0 aromatic carbocycles. The Hall–Kier alpha value is -0.720. The maximum atomic E-state index is 10.4. The number of rotatable bonds is 4. The van der Waals surface area contributed by atoms with Crippen molar-refractivity contribution in [3.05, 3.63) is 11.9 Å². The Labute approximate surface area is 105 Å². The van der Waals surface area contributed by atoms with Crippen LogP contribution >= 0.6 is 11.8 Å². The molecular formula is C11H18N2O3S. The van der Waals surface area contributed by atoms with Crippen molar-refractivity contribution in [2.24, 2.45) is 0 Å². The third kappa shape index (κ3) is 2.59. The van der Waals surface area contributed by atoms with Gasteiger partial charge in [-0.05, 0) is 6.92 Å². The number of methoxy groups -OCH3 is 1. The highest BCUT2D eigenvalue weighted by Gasteiger charge is 2.29. The number of hydrogen-bond acceptors (Lipinski definition) is 5. The van der Waals surface area contributed by atoms with Crippen molar-refractivity contribution < 1.29 is 14.6 Å². The summed E-state index contributed by atoms with van der Waals surface area (Å²) in [5.41, 5.74) is 0.711. The van der Waals surface area contributed by atoms with E-state index in [4.69, 9.17) is 9.47 Å². The van der Waals surface area contributed by atoms with Crippen molar-refractivity contribution in [1.29, 1.82) is 0 Å². The van der Waals surface area contributed by atoms with Crippen LogP contribution in [0.1, 0.15) is 18.7 Å². The Balaban J connectivity index is 2.21. The van der Waals surface area contributed by atoms with E-state index in [2.05, 4.69) is 5.10 Å². The Morgan fingerprint density at radius 1 is 1.76 bits per heavy atom. The Morgan fingerprint density at radius 2 is 2.59 bits per heavy atom. The molecule has 96 valence electrons. The van der Waals surface area contributed by atoms with E-state index in [1.54, 1.807) is 29.8 Å². The summed E-state index contributed by atoms with van der Waals surface area (Å²) in [5.74, 6) is 2.42. The van der Waals surface area contributed by atoms with E-state index in [-0.39, 0.29) is 6.10 Å². The molecule has 0 bridgehead atoms. The van der Waals surface area contributed by atoms with Gasteiger partial charge in [-0.1, -0.05) is 0 Å². The van der Waals surface area contributed by atoms with E-state index in [0.717, 1.165) is 11.5 Å². The van der Waals surface area contributed by atoms with E-state index in [9.17, 15) is 5.11 Å². The van der Waals surface area contributed by atoms with Crippen LogP contribution in [0.5, 0.6) is 5.75 Å². The van der Waals surface area contributed by atoms with Crippen LogP contribution in [0.25, 0.3) is 0 Å². The molecule has 1 fully saturated rings. The maximum Gasteiger partial charge on any atom is 0.162 e. The molecule has 1 aromatic heterocycles. The summed E-state index contributed by atoms with van der Waals surface area (Å²) < 4.78 is 12.6. The van der Waals surface area contributed by atoms with Crippen LogP contribution in [0.2, 0.25) is 0 Å². The molecule has 0 aliphatic carbocycles. The summed E-state index contributed by atoms with van der Waals surface area (Å²) >= 11 is 1.80. The summed E-state index contributed by atoms with van der Waals surface area (Å²) in [6.07, 6.45) is 0.780. The molecule has 1 saturated heterocycles. The van der Waals surface area contributed by atoms with Gasteiger partial charge in [0.1, 0.15) is 11.8 Å². The van der Waals surface area contributed by atoms with Crippen molar-refractivity contribution in [2.45, 2.75) is 25.7 Å². The number of aliphatic hydroxyl groups excluding tert-OH is 1. The van der Waals surface area contributed by atoms with Gasteiger partial charge in [-0.2, -0.15) is 16.9 Å². The minimum absolute atomic E-state index is 0.176. The van der Waals surface area contributed by atoms with E-state index in [1.807, 2.05) is 6.92 Å². The molecule has 17 heavy (non-hydrogen) atoms. The first kappa shape index (κ1) is 12.7. The predicted octanol–water partition coefficient (Wildman–Crippen LogP) is 1.08. The first-order valence-corrected chi connectivity index (χ1v) is 6.90. The van der Waals surface area contributed by atoms with Gasteiger partial charge in [-0.15, -0.1) is 0 Å². The van der Waals surface area contributed by atoms with Crippen molar-refractivity contribution >= 4 is 11.8 Å². The minimum atomic E-state index is -0.680. The van der Waals surface area contributed by atoms with Crippen LogP contribution in [-0.2, 0) is 11.3 Å². The molecule has 6 heteroatoms. The van der Waals surface area contributed by atoms with E-state index in [1.165, 1.54) is 0 Å². The molecule has 5 nitrogen and oxygen atoms in total. The monoisotopic (exact) mass is 258 g/mol. The van der Waals surface area contributed by atoms with Gasteiger partial charge in [0.25, 0.3) is 0 Å². The molecule has 0 saturated carbocycles. The lowest BCUT2D eigenvalue weighted by Crippen LogP contribution is -2.31. The molecule has 2 unspecified atom stereocenters. The lowest BCUT2D eigenvalue weighted by atomic mass is 10.1. The van der Waals surface area contributed by atoms with Crippen LogP contribution in [0.4, 0.5) is 0 Å². The van der Waals surface area contributed by atoms with Crippen LogP contribution in [0, 0.1) is 0 Å². The van der Waals surface area contributed by atoms with Gasteiger partial charge in [0.15, 0.2) is 5.75 Å². The van der Waals surface area contributed by atoms with Gasteiger partial charge in [0.05, 0.1) is 26.0 Å². The van der Waals surface area contributed by atoms with Crippen molar-refractivity contribution in [2.75, 3.05) is 25.2 Å². The summed E-state index contributed by atoms with van der Waals surface area (Å²) in [4.78, 5) is 0. The summed E-state index contributed by atoms with van der Waals surface area (Å²) in [5, 5.41) is 14.6. The highest BCUT2D eigenvalue weighted by atomic mass is 32.2. The first-order chi connectivity index (χ1) is 8.27. The number of ether oxygens (including phenoxy) is 2. The molecule has 1 aliphatic rings. The van der Waals surface area contributed by atoms with Gasteiger partial charge < -0.3 is 14.6 Å². The van der Waals surface area contributed by atoms with E-state index >= 15 is 0 Å². The van der Waals surface area contributed by atoms with Gasteiger partial charge >= 0.3 is 0 Å². The van der Waals surface area contributed by atoms with E-state index < -0.39 is 6.10 Å². The first-order valence-electron chi connectivity index (χ1n) is 5.75. The Kier molecular flexibility index (Phi) is 4.31. The molecule has 2 atom stereocenters. The maximum absolute atomic E-state index is 10.4. The van der Waals surface area contributed by atoms with E-state index in [0.29, 0.717) is 24.6 Å². The number of thioether (sulfide) groups is 1. The van der Waals surface area contributed by atoms with Gasteiger partial charge in [-0.25, -0.2) is 0 Å². The number of aliphatic hydroxyl groups is 1. The molecular weight excluding hydrogens is 240 g/mol. The highest BCUT2D eigenvalue weighted by Crippen LogP contribution is 2.31. The van der Waals surface area contributed by atoms with Gasteiger partial charge in [-0.3, -0.25) is 4.68 Å². The standard InChI is InChI=1S/C11H18N2O3S/c1-3-13-10(8(15-2)6-12-13)11(14)9-7-17-5-4-16-9/h6,9,11,14H,3-5,7H2,1-2H3. The molecule has 1 aromatic rings. The molecule has 1 aliphatic heterocycles. The fourth-order valence-corrected chi connectivity index (χ4v) is 2.84. The summed E-state index contributed by atoms with van der Waals surface area (Å²) in [7, 11) is 1.59. The fraction of sp³-hybridized carbons (Fsp3) is 0.727. The van der Waals surface area contributed by atoms with Gasteiger partial charge in [0, 0.05) is 18.1 Å².